The van der Waals surface area contributed by atoms with E-state index in [1.807, 2.05) is 35.9 Å². The zero-order valence-electron chi connectivity index (χ0n) is 15.4. The van der Waals surface area contributed by atoms with Crippen molar-refractivity contribution in [1.82, 2.24) is 15.1 Å². The minimum absolute atomic E-state index is 0.0296. The molecule has 6 nitrogen and oxygen atoms in total. The summed E-state index contributed by atoms with van der Waals surface area (Å²) in [4.78, 5) is 26.1. The number of amides is 2. The number of anilines is 1. The molecule has 0 saturated heterocycles. The monoisotopic (exact) mass is 354 g/mol. The third-order valence-electron chi connectivity index (χ3n) is 4.76. The molecule has 0 bridgehead atoms. The molecule has 1 aliphatic heterocycles. The van der Waals surface area contributed by atoms with Crippen molar-refractivity contribution in [3.05, 3.63) is 47.7 Å². The van der Waals surface area contributed by atoms with Crippen molar-refractivity contribution < 1.29 is 9.59 Å². The quantitative estimate of drug-likeness (QED) is 0.831. The zero-order chi connectivity index (χ0) is 18.5. The number of aromatic nitrogens is 2. The molecule has 0 fully saturated rings. The summed E-state index contributed by atoms with van der Waals surface area (Å²) in [6.07, 6.45) is 1.52. The maximum absolute atomic E-state index is 12.2. The highest BCUT2D eigenvalue weighted by atomic mass is 16.2. The number of carbonyl (C=O) groups is 2. The van der Waals surface area contributed by atoms with Crippen molar-refractivity contribution in [3.63, 3.8) is 0 Å². The molecule has 0 spiro atoms. The normalized spacial score (nSPS) is 14.8. The van der Waals surface area contributed by atoms with Gasteiger partial charge in [0.2, 0.25) is 11.8 Å². The van der Waals surface area contributed by atoms with Crippen LogP contribution in [0.5, 0.6) is 0 Å². The fraction of sp³-hybridized carbons (Fsp3) is 0.450. The van der Waals surface area contributed by atoms with Gasteiger partial charge in [-0.3, -0.25) is 14.5 Å². The highest BCUT2D eigenvalue weighted by Crippen LogP contribution is 2.22. The number of nitrogens with one attached hydrogen (secondary N) is 1. The van der Waals surface area contributed by atoms with Crippen molar-refractivity contribution in [3.8, 4) is 0 Å². The molecule has 0 unspecified atom stereocenters. The predicted molar refractivity (Wildman–Crippen MR) is 101 cm³/mol. The molecule has 1 aliphatic rings. The van der Waals surface area contributed by atoms with Gasteiger partial charge in [0.25, 0.3) is 0 Å². The Hall–Kier alpha value is -2.63. The lowest BCUT2D eigenvalue weighted by Crippen LogP contribution is -2.38. The van der Waals surface area contributed by atoms with E-state index in [0.717, 1.165) is 11.5 Å². The molecule has 0 saturated carbocycles. The Labute approximate surface area is 154 Å². The lowest BCUT2D eigenvalue weighted by Gasteiger charge is -2.27. The van der Waals surface area contributed by atoms with Crippen LogP contribution in [0.15, 0.2) is 36.4 Å². The molecule has 6 heteroatoms. The first-order chi connectivity index (χ1) is 12.5. The third kappa shape index (κ3) is 4.31. The van der Waals surface area contributed by atoms with Gasteiger partial charge in [-0.05, 0) is 24.8 Å². The molecule has 0 aliphatic carbocycles. The van der Waals surface area contributed by atoms with Crippen molar-refractivity contribution in [1.29, 1.82) is 0 Å². The van der Waals surface area contributed by atoms with Crippen LogP contribution in [-0.2, 0) is 16.1 Å². The number of fused-ring (bicyclic) bond motifs is 1. The summed E-state index contributed by atoms with van der Waals surface area (Å²) in [5.41, 5.74) is 2.13. The molecular weight excluding hydrogens is 328 g/mol. The molecule has 26 heavy (non-hydrogen) atoms. The van der Waals surface area contributed by atoms with Crippen LogP contribution in [0.2, 0.25) is 0 Å². The SMILES string of the molecule is Cc1cc2n(n1)CCC(=O)N2CCCC(=O)NC[C@@H](C)c1ccccc1. The van der Waals surface area contributed by atoms with E-state index in [1.54, 1.807) is 4.90 Å². The Morgan fingerprint density at radius 2 is 2.08 bits per heavy atom. The Morgan fingerprint density at radius 3 is 2.85 bits per heavy atom. The Kier molecular flexibility index (Phi) is 5.71. The second-order valence-corrected chi connectivity index (χ2v) is 6.88. The van der Waals surface area contributed by atoms with E-state index >= 15 is 0 Å². The van der Waals surface area contributed by atoms with Crippen LogP contribution in [-0.4, -0.2) is 34.7 Å². The van der Waals surface area contributed by atoms with Crippen LogP contribution >= 0.6 is 0 Å². The smallest absolute Gasteiger partial charge is 0.229 e. The maximum atomic E-state index is 12.2. The van der Waals surface area contributed by atoms with Crippen LogP contribution in [0.1, 0.15) is 43.4 Å². The first-order valence-electron chi connectivity index (χ1n) is 9.21. The summed E-state index contributed by atoms with van der Waals surface area (Å²) in [6, 6.07) is 12.1. The molecule has 3 rings (SSSR count). The number of hydrogen-bond acceptors (Lipinski definition) is 3. The summed E-state index contributed by atoms with van der Waals surface area (Å²) in [6.45, 7) is 5.83. The van der Waals surface area contributed by atoms with Gasteiger partial charge in [0.1, 0.15) is 5.82 Å². The second-order valence-electron chi connectivity index (χ2n) is 6.88. The van der Waals surface area contributed by atoms with Crippen LogP contribution in [0, 0.1) is 6.92 Å². The van der Waals surface area contributed by atoms with E-state index in [0.29, 0.717) is 38.9 Å². The minimum atomic E-state index is 0.0296. The highest BCUT2D eigenvalue weighted by molar-refractivity contribution is 5.93. The molecule has 1 atom stereocenters. The molecule has 138 valence electrons. The van der Waals surface area contributed by atoms with Gasteiger partial charge in [0, 0.05) is 32.0 Å². The number of aryl methyl sites for hydroxylation is 2. The average Bonchev–Trinajstić information content (AvgIpc) is 3.03. The Morgan fingerprint density at radius 1 is 1.31 bits per heavy atom. The number of carbonyl (C=O) groups excluding carboxylic acids is 2. The first kappa shape index (κ1) is 18.2. The van der Waals surface area contributed by atoms with Crippen LogP contribution in [0.25, 0.3) is 0 Å². The van der Waals surface area contributed by atoms with E-state index in [9.17, 15) is 9.59 Å². The van der Waals surface area contributed by atoms with Gasteiger partial charge >= 0.3 is 0 Å². The predicted octanol–water partition coefficient (Wildman–Crippen LogP) is 2.63. The zero-order valence-corrected chi connectivity index (χ0v) is 15.4. The number of nitrogens with zero attached hydrogens (tertiary/aromatic N) is 3. The number of rotatable bonds is 7. The van der Waals surface area contributed by atoms with Gasteiger partial charge in [-0.1, -0.05) is 37.3 Å². The van der Waals surface area contributed by atoms with Gasteiger partial charge in [-0.15, -0.1) is 0 Å². The first-order valence-corrected chi connectivity index (χ1v) is 9.21. The second kappa shape index (κ2) is 8.17. The lowest BCUT2D eigenvalue weighted by atomic mass is 10.0. The third-order valence-corrected chi connectivity index (χ3v) is 4.76. The van der Waals surface area contributed by atoms with E-state index < -0.39 is 0 Å². The average molecular weight is 354 g/mol. The van der Waals surface area contributed by atoms with Gasteiger partial charge in [-0.25, -0.2) is 4.68 Å². The van der Waals surface area contributed by atoms with Crippen LogP contribution in [0.3, 0.4) is 0 Å². The fourth-order valence-electron chi connectivity index (χ4n) is 3.27. The largest absolute Gasteiger partial charge is 0.356 e. The van der Waals surface area contributed by atoms with E-state index in [-0.39, 0.29) is 17.7 Å². The molecule has 1 aromatic heterocycles. The van der Waals surface area contributed by atoms with Crippen molar-refractivity contribution in [2.75, 3.05) is 18.0 Å². The molecule has 2 aromatic rings. The van der Waals surface area contributed by atoms with Gasteiger partial charge in [0.05, 0.1) is 12.2 Å². The summed E-state index contributed by atoms with van der Waals surface area (Å²) < 4.78 is 1.87. The molecular formula is C20H26N4O2. The summed E-state index contributed by atoms with van der Waals surface area (Å²) >= 11 is 0. The Balaban J connectivity index is 1.44. The van der Waals surface area contributed by atoms with Gasteiger partial charge in [0.15, 0.2) is 0 Å². The molecule has 0 radical (unpaired) electrons. The van der Waals surface area contributed by atoms with Crippen molar-refractivity contribution in [2.45, 2.75) is 45.6 Å². The van der Waals surface area contributed by atoms with Crippen LogP contribution < -0.4 is 10.2 Å². The number of benzene rings is 1. The number of hydrogen-bond donors (Lipinski definition) is 1. The van der Waals surface area contributed by atoms with E-state index in [4.69, 9.17) is 0 Å². The van der Waals surface area contributed by atoms with Gasteiger partial charge < -0.3 is 5.32 Å². The van der Waals surface area contributed by atoms with Gasteiger partial charge in [-0.2, -0.15) is 5.10 Å². The van der Waals surface area contributed by atoms with Crippen molar-refractivity contribution >= 4 is 17.6 Å². The topological polar surface area (TPSA) is 67.2 Å². The molecule has 2 heterocycles. The van der Waals surface area contributed by atoms with E-state index in [1.165, 1.54) is 5.56 Å². The Bertz CT molecular complexity index is 769. The minimum Gasteiger partial charge on any atom is -0.356 e. The van der Waals surface area contributed by atoms with E-state index in [2.05, 4.69) is 29.5 Å². The molecule has 2 amide bonds. The summed E-state index contributed by atoms with van der Waals surface area (Å²) in [5, 5.41) is 7.39. The lowest BCUT2D eigenvalue weighted by molar-refractivity contribution is -0.122. The summed E-state index contributed by atoms with van der Waals surface area (Å²) in [7, 11) is 0. The highest BCUT2D eigenvalue weighted by Gasteiger charge is 2.25. The molecule has 1 N–H and O–H groups in total. The van der Waals surface area contributed by atoms with Crippen LogP contribution in [0.4, 0.5) is 5.82 Å². The fourth-order valence-corrected chi connectivity index (χ4v) is 3.27. The standard InChI is InChI=1S/C20H26N4O2/c1-15(17-7-4-3-5-8-17)14-21-18(25)9-6-11-23-19-13-16(2)22-24(19)12-10-20(23)26/h3-5,7-8,13,15H,6,9-12,14H2,1-2H3,(H,21,25)/t15-/m1/s1. The molecule has 1 aromatic carbocycles. The maximum Gasteiger partial charge on any atom is 0.229 e. The summed E-state index contributed by atoms with van der Waals surface area (Å²) in [5.74, 6) is 1.26. The van der Waals surface area contributed by atoms with Crippen molar-refractivity contribution in [2.24, 2.45) is 0 Å².